The Kier molecular flexibility index (Phi) is 9.48. The van der Waals surface area contributed by atoms with Crippen LogP contribution in [0.15, 0.2) is 147 Å². The second kappa shape index (κ2) is 15.2. The van der Waals surface area contributed by atoms with E-state index in [0.29, 0.717) is 0 Å². The van der Waals surface area contributed by atoms with Crippen LogP contribution in [0.5, 0.6) is 0 Å². The summed E-state index contributed by atoms with van der Waals surface area (Å²) in [6.45, 7) is 27.4. The molecule has 0 atom stereocenters. The first-order chi connectivity index (χ1) is 32.9. The van der Waals surface area contributed by atoms with E-state index in [9.17, 15) is 0 Å². The van der Waals surface area contributed by atoms with Crippen molar-refractivity contribution in [3.63, 3.8) is 0 Å². The van der Waals surface area contributed by atoms with Gasteiger partial charge < -0.3 is 23.1 Å². The molecular formula is C63H59BN2O3. The number of anilines is 6. The molecule has 0 radical (unpaired) electrons. The fraction of sp³-hybridized carbons (Fsp3) is 0.238. The van der Waals surface area contributed by atoms with E-state index in [0.717, 1.165) is 78.1 Å². The number of rotatable bonds is 5. The number of fused-ring (bicyclic) bond motifs is 8. The van der Waals surface area contributed by atoms with Gasteiger partial charge in [0.1, 0.15) is 22.5 Å². The van der Waals surface area contributed by atoms with E-state index in [1.807, 2.05) is 24.5 Å². The van der Waals surface area contributed by atoms with E-state index >= 15 is 0 Å². The average molecular weight is 903 g/mol. The molecule has 0 unspecified atom stereocenters. The van der Waals surface area contributed by atoms with Crippen molar-refractivity contribution in [3.05, 3.63) is 173 Å². The molecule has 0 amide bonds. The lowest BCUT2D eigenvalue weighted by Crippen LogP contribution is -2.61. The second-order valence-corrected chi connectivity index (χ2v) is 22.2. The number of benzene rings is 7. The third kappa shape index (κ3) is 6.66. The van der Waals surface area contributed by atoms with E-state index < -0.39 is 0 Å². The highest BCUT2D eigenvalue weighted by Crippen LogP contribution is 2.52. The summed E-state index contributed by atoms with van der Waals surface area (Å²) in [7, 11) is 0. The van der Waals surface area contributed by atoms with Gasteiger partial charge in [0.15, 0.2) is 0 Å². The molecule has 7 aromatic carbocycles. The molecule has 3 aromatic heterocycles. The molecule has 69 heavy (non-hydrogen) atoms. The lowest BCUT2D eigenvalue weighted by Gasteiger charge is -2.44. The van der Waals surface area contributed by atoms with Crippen molar-refractivity contribution in [3.8, 4) is 22.5 Å². The minimum Gasteiger partial charge on any atom is -0.468 e. The van der Waals surface area contributed by atoms with Crippen LogP contribution in [0.25, 0.3) is 55.4 Å². The third-order valence-electron chi connectivity index (χ3n) is 15.0. The molecule has 2 aliphatic rings. The molecule has 0 saturated heterocycles. The monoisotopic (exact) mass is 902 g/mol. The Bertz CT molecular complexity index is 3670. The summed E-state index contributed by atoms with van der Waals surface area (Å²) in [5, 5.41) is 3.33. The van der Waals surface area contributed by atoms with Crippen molar-refractivity contribution < 1.29 is 13.3 Å². The van der Waals surface area contributed by atoms with Crippen molar-refractivity contribution >= 4 is 90.3 Å². The van der Waals surface area contributed by atoms with Gasteiger partial charge in [-0.15, -0.1) is 0 Å². The molecule has 342 valence electrons. The van der Waals surface area contributed by atoms with E-state index in [1.165, 1.54) is 66.9 Å². The first-order valence-corrected chi connectivity index (χ1v) is 24.6. The smallest absolute Gasteiger partial charge is 0.297 e. The Morgan fingerprint density at radius 1 is 0.507 bits per heavy atom. The van der Waals surface area contributed by atoms with Crippen LogP contribution in [0.2, 0.25) is 0 Å². The van der Waals surface area contributed by atoms with Crippen LogP contribution in [0.4, 0.5) is 34.1 Å². The quantitative estimate of drug-likeness (QED) is 0.161. The number of para-hydroxylation sites is 2. The van der Waals surface area contributed by atoms with Crippen molar-refractivity contribution in [2.24, 2.45) is 0 Å². The van der Waals surface area contributed by atoms with E-state index in [4.69, 9.17) is 13.3 Å². The zero-order valence-corrected chi connectivity index (χ0v) is 42.0. The standard InChI is InChI=1S/C63H59BN2O3/c1-35(2)42-30-51-57-52(31-42)66(59-36(3)25-43(26-37(59)4)48-34-67-54-20-16-14-18-46(48)54)60-47-33-44(62(7,8)9)22-24-55(47)69-61(60)64(57)49-23-21-41(56-32-40-17-13-15-19-53(40)68-56)29-50(49)65(51)58-38(5)27-45(28-39(58)6)63(10,11)12/h13-35H,1-12H3. The van der Waals surface area contributed by atoms with Crippen molar-refractivity contribution in [1.82, 2.24) is 0 Å². The van der Waals surface area contributed by atoms with Crippen LogP contribution < -0.4 is 26.4 Å². The highest BCUT2D eigenvalue weighted by Gasteiger charge is 2.48. The molecule has 6 heteroatoms. The van der Waals surface area contributed by atoms with E-state index in [2.05, 4.69) is 202 Å². The van der Waals surface area contributed by atoms with Gasteiger partial charge in [-0.3, -0.25) is 0 Å². The van der Waals surface area contributed by atoms with Crippen LogP contribution in [0.1, 0.15) is 100 Å². The summed E-state index contributed by atoms with van der Waals surface area (Å²) in [5.74, 6) is 1.10. The zero-order chi connectivity index (χ0) is 48.0. The van der Waals surface area contributed by atoms with E-state index in [-0.39, 0.29) is 23.5 Å². The molecule has 0 aliphatic carbocycles. The van der Waals surface area contributed by atoms with Gasteiger partial charge in [-0.05, 0) is 161 Å². The fourth-order valence-corrected chi connectivity index (χ4v) is 11.5. The Balaban J connectivity index is 1.19. The van der Waals surface area contributed by atoms with Gasteiger partial charge in [-0.1, -0.05) is 122 Å². The molecule has 0 spiro atoms. The number of nitrogens with zero attached hydrogens (tertiary/aromatic N) is 2. The summed E-state index contributed by atoms with van der Waals surface area (Å²) in [5.41, 5.74) is 24.9. The molecule has 5 nitrogen and oxygen atoms in total. The number of furan rings is 3. The van der Waals surface area contributed by atoms with Crippen LogP contribution in [0.3, 0.4) is 0 Å². The fourth-order valence-electron chi connectivity index (χ4n) is 11.5. The van der Waals surface area contributed by atoms with Crippen molar-refractivity contribution in [2.45, 2.75) is 99.8 Å². The summed E-state index contributed by atoms with van der Waals surface area (Å²) in [4.78, 5) is 5.15. The Morgan fingerprint density at radius 3 is 1.83 bits per heavy atom. The number of hydrogen-bond donors (Lipinski definition) is 0. The molecule has 0 fully saturated rings. The number of aryl methyl sites for hydroxylation is 4. The van der Waals surface area contributed by atoms with Crippen LogP contribution in [0, 0.1) is 27.7 Å². The molecule has 5 heterocycles. The Labute approximate surface area is 406 Å². The lowest BCUT2D eigenvalue weighted by atomic mass is 9.35. The molecule has 2 aliphatic heterocycles. The van der Waals surface area contributed by atoms with Gasteiger partial charge in [0.25, 0.3) is 6.71 Å². The minimum absolute atomic E-state index is 0.00876. The highest BCUT2D eigenvalue weighted by molar-refractivity contribution is 7.00. The second-order valence-electron chi connectivity index (χ2n) is 22.2. The molecule has 10 aromatic rings. The van der Waals surface area contributed by atoms with Crippen molar-refractivity contribution in [2.75, 3.05) is 9.80 Å². The molecule has 0 N–H and O–H groups in total. The molecule has 0 saturated carbocycles. The van der Waals surface area contributed by atoms with Crippen molar-refractivity contribution in [1.29, 1.82) is 0 Å². The van der Waals surface area contributed by atoms with Crippen LogP contribution >= 0.6 is 0 Å². The first kappa shape index (κ1) is 43.1. The normalized spacial score (nSPS) is 13.6. The summed E-state index contributed by atoms with van der Waals surface area (Å²) in [6.07, 6.45) is 1.91. The van der Waals surface area contributed by atoms with Gasteiger partial charge >= 0.3 is 0 Å². The first-order valence-electron chi connectivity index (χ1n) is 24.6. The van der Waals surface area contributed by atoms with Crippen LogP contribution in [-0.2, 0) is 10.8 Å². The van der Waals surface area contributed by atoms with Gasteiger partial charge in [0.2, 0.25) is 0 Å². The Hall–Kier alpha value is -7.18. The molecular weight excluding hydrogens is 844 g/mol. The predicted molar refractivity (Wildman–Crippen MR) is 291 cm³/mol. The third-order valence-corrected chi connectivity index (χ3v) is 15.0. The summed E-state index contributed by atoms with van der Waals surface area (Å²) < 4.78 is 20.1. The predicted octanol–water partition coefficient (Wildman–Crippen LogP) is 16.3. The van der Waals surface area contributed by atoms with Gasteiger partial charge in [-0.25, -0.2) is 0 Å². The topological polar surface area (TPSA) is 45.9 Å². The molecule has 0 bridgehead atoms. The van der Waals surface area contributed by atoms with Crippen LogP contribution in [-0.4, -0.2) is 6.71 Å². The van der Waals surface area contributed by atoms with Gasteiger partial charge in [-0.2, -0.15) is 0 Å². The maximum atomic E-state index is 7.41. The maximum absolute atomic E-state index is 7.41. The average Bonchev–Trinajstić information content (AvgIpc) is 4.04. The minimum atomic E-state index is -0.199. The van der Waals surface area contributed by atoms with Gasteiger partial charge in [0.05, 0.1) is 29.0 Å². The SMILES string of the molecule is Cc1cc(C(C)(C)C)cc(C)c1N1c2cc(-c3cc4ccccc4o3)ccc2B2c3oc4ccc(C(C)(C)C)cc4c3N(c3c(C)cc(-c4coc5ccccc45)cc3C)c3cc(C(C)C)cc1c32. The molecule has 12 rings (SSSR count). The summed E-state index contributed by atoms with van der Waals surface area (Å²) in [6, 6.07) is 47.1. The Morgan fingerprint density at radius 2 is 1.14 bits per heavy atom. The zero-order valence-electron chi connectivity index (χ0n) is 42.0. The maximum Gasteiger partial charge on any atom is 0.297 e. The van der Waals surface area contributed by atoms with Gasteiger partial charge in [0, 0.05) is 44.3 Å². The number of hydrogen-bond acceptors (Lipinski definition) is 5. The largest absolute Gasteiger partial charge is 0.468 e. The van der Waals surface area contributed by atoms with E-state index in [1.54, 1.807) is 0 Å². The lowest BCUT2D eigenvalue weighted by molar-refractivity contribution is 0.589. The summed E-state index contributed by atoms with van der Waals surface area (Å²) >= 11 is 0. The highest BCUT2D eigenvalue weighted by atomic mass is 16.3.